The molecular weight excluding hydrogens is 422 g/mol. The smallest absolute Gasteiger partial charge is 0.257 e. The van der Waals surface area contributed by atoms with Gasteiger partial charge in [0.1, 0.15) is 11.3 Å². The molecule has 2 fully saturated rings. The Labute approximate surface area is 202 Å². The van der Waals surface area contributed by atoms with Crippen LogP contribution < -0.4 is 10.1 Å². The molecule has 2 aromatic carbocycles. The zero-order valence-electron chi connectivity index (χ0n) is 19.7. The van der Waals surface area contributed by atoms with Gasteiger partial charge in [-0.1, -0.05) is 55.0 Å². The van der Waals surface area contributed by atoms with Crippen molar-refractivity contribution in [2.75, 3.05) is 13.1 Å². The number of benzene rings is 2. The van der Waals surface area contributed by atoms with Crippen LogP contribution in [0.4, 0.5) is 0 Å². The third-order valence-corrected chi connectivity index (χ3v) is 7.39. The summed E-state index contributed by atoms with van der Waals surface area (Å²) in [4.78, 5) is 20.3. The summed E-state index contributed by atoms with van der Waals surface area (Å²) in [5.41, 5.74) is 1.98. The molecule has 0 atom stereocenters. The van der Waals surface area contributed by atoms with Gasteiger partial charge in [0.15, 0.2) is 0 Å². The fourth-order valence-electron chi connectivity index (χ4n) is 5.61. The molecule has 1 N–H and O–H groups in total. The molecule has 1 amide bonds. The standard InChI is InChI=1S/C29H33N3O2/c33-27(26-15-10-20-30-28(26)34-25-13-6-2-7-14-25)31-24-16-18-29(19-17-24,23-11-4-1-5-12-23)32-21-8-3-9-22-32/h1-2,4-7,10-15,20,24H,3,8-9,16-19,21-22H2,(H,31,33). The predicted octanol–water partition coefficient (Wildman–Crippen LogP) is 5.93. The first-order valence-corrected chi connectivity index (χ1v) is 12.5. The Morgan fingerprint density at radius 1 is 0.882 bits per heavy atom. The molecule has 0 unspecified atom stereocenters. The van der Waals surface area contributed by atoms with Gasteiger partial charge in [0.2, 0.25) is 5.88 Å². The molecule has 1 saturated heterocycles. The maximum Gasteiger partial charge on any atom is 0.257 e. The molecule has 5 rings (SSSR count). The highest BCUT2D eigenvalue weighted by Gasteiger charge is 2.42. The van der Waals surface area contributed by atoms with Crippen molar-refractivity contribution < 1.29 is 9.53 Å². The minimum atomic E-state index is -0.116. The number of ether oxygens (including phenoxy) is 1. The second-order valence-corrected chi connectivity index (χ2v) is 9.46. The highest BCUT2D eigenvalue weighted by molar-refractivity contribution is 5.96. The lowest BCUT2D eigenvalue weighted by molar-refractivity contribution is 0.0227. The molecule has 0 radical (unpaired) electrons. The van der Waals surface area contributed by atoms with Gasteiger partial charge in [0.05, 0.1) is 0 Å². The number of likely N-dealkylation sites (tertiary alicyclic amines) is 1. The van der Waals surface area contributed by atoms with E-state index in [1.54, 1.807) is 18.3 Å². The lowest BCUT2D eigenvalue weighted by Gasteiger charge is -2.50. The van der Waals surface area contributed by atoms with Crippen LogP contribution in [-0.4, -0.2) is 34.9 Å². The second-order valence-electron chi connectivity index (χ2n) is 9.46. The summed E-state index contributed by atoms with van der Waals surface area (Å²) in [6, 6.07) is 24.2. The van der Waals surface area contributed by atoms with Crippen LogP contribution in [0.25, 0.3) is 0 Å². The monoisotopic (exact) mass is 455 g/mol. The quantitative estimate of drug-likeness (QED) is 0.501. The van der Waals surface area contributed by atoms with E-state index in [1.807, 2.05) is 30.3 Å². The van der Waals surface area contributed by atoms with E-state index in [4.69, 9.17) is 4.74 Å². The average Bonchev–Trinajstić information content (AvgIpc) is 2.91. The van der Waals surface area contributed by atoms with Crippen molar-refractivity contribution in [1.82, 2.24) is 15.2 Å². The van der Waals surface area contributed by atoms with E-state index in [9.17, 15) is 4.79 Å². The number of rotatable bonds is 6. The fourth-order valence-corrected chi connectivity index (χ4v) is 5.61. The Kier molecular flexibility index (Phi) is 6.91. The highest BCUT2D eigenvalue weighted by atomic mass is 16.5. The van der Waals surface area contributed by atoms with Crippen LogP contribution in [0.3, 0.4) is 0 Å². The van der Waals surface area contributed by atoms with E-state index < -0.39 is 0 Å². The van der Waals surface area contributed by atoms with Crippen molar-refractivity contribution in [1.29, 1.82) is 0 Å². The first-order chi connectivity index (χ1) is 16.7. The van der Waals surface area contributed by atoms with Gasteiger partial charge in [0.25, 0.3) is 5.91 Å². The molecule has 5 heteroatoms. The number of nitrogens with zero attached hydrogens (tertiary/aromatic N) is 2. The number of carbonyl (C=O) groups excluding carboxylic acids is 1. The summed E-state index contributed by atoms with van der Waals surface area (Å²) >= 11 is 0. The predicted molar refractivity (Wildman–Crippen MR) is 134 cm³/mol. The van der Waals surface area contributed by atoms with Crippen molar-refractivity contribution >= 4 is 5.91 Å². The molecule has 1 aliphatic heterocycles. The summed E-state index contributed by atoms with van der Waals surface area (Å²) in [5, 5.41) is 3.28. The molecule has 176 valence electrons. The van der Waals surface area contributed by atoms with E-state index >= 15 is 0 Å². The van der Waals surface area contributed by atoms with Crippen LogP contribution in [0.5, 0.6) is 11.6 Å². The van der Waals surface area contributed by atoms with E-state index in [2.05, 4.69) is 45.5 Å². The Hall–Kier alpha value is -3.18. The van der Waals surface area contributed by atoms with Crippen LogP contribution in [0.2, 0.25) is 0 Å². The van der Waals surface area contributed by atoms with Crippen molar-refractivity contribution in [3.05, 3.63) is 90.1 Å². The van der Waals surface area contributed by atoms with Crippen LogP contribution in [0.1, 0.15) is 60.9 Å². The summed E-state index contributed by atoms with van der Waals surface area (Å²) in [6.07, 6.45) is 9.59. The molecule has 0 bridgehead atoms. The number of aromatic nitrogens is 1. The minimum absolute atomic E-state index is 0.0821. The van der Waals surface area contributed by atoms with Gasteiger partial charge in [0, 0.05) is 17.8 Å². The van der Waals surface area contributed by atoms with Gasteiger partial charge < -0.3 is 10.1 Å². The van der Waals surface area contributed by atoms with Gasteiger partial charge in [-0.3, -0.25) is 9.69 Å². The number of hydrogen-bond acceptors (Lipinski definition) is 4. The Balaban J connectivity index is 1.28. The molecule has 1 aliphatic carbocycles. The number of piperidine rings is 1. The third kappa shape index (κ3) is 4.85. The number of amides is 1. The maximum atomic E-state index is 13.2. The normalized spacial score (nSPS) is 23.2. The summed E-state index contributed by atoms with van der Waals surface area (Å²) in [7, 11) is 0. The minimum Gasteiger partial charge on any atom is -0.438 e. The van der Waals surface area contributed by atoms with Crippen molar-refractivity contribution in [3.8, 4) is 11.6 Å². The molecule has 34 heavy (non-hydrogen) atoms. The zero-order valence-corrected chi connectivity index (χ0v) is 19.7. The van der Waals surface area contributed by atoms with Crippen LogP contribution in [0, 0.1) is 0 Å². The van der Waals surface area contributed by atoms with Gasteiger partial charge in [-0.25, -0.2) is 4.98 Å². The van der Waals surface area contributed by atoms with E-state index in [0.717, 1.165) is 25.7 Å². The molecule has 2 aliphatic rings. The summed E-state index contributed by atoms with van der Waals surface area (Å²) < 4.78 is 5.91. The molecular formula is C29H33N3O2. The van der Waals surface area contributed by atoms with E-state index in [0.29, 0.717) is 17.2 Å². The van der Waals surface area contributed by atoms with Gasteiger partial charge in [-0.05, 0) is 81.4 Å². The Morgan fingerprint density at radius 3 is 2.26 bits per heavy atom. The van der Waals surface area contributed by atoms with E-state index in [1.165, 1.54) is 37.9 Å². The lowest BCUT2D eigenvalue weighted by Crippen LogP contribution is -2.53. The van der Waals surface area contributed by atoms with Crippen LogP contribution in [-0.2, 0) is 5.54 Å². The lowest BCUT2D eigenvalue weighted by atomic mass is 9.73. The van der Waals surface area contributed by atoms with Crippen molar-refractivity contribution in [2.24, 2.45) is 0 Å². The number of pyridine rings is 1. The van der Waals surface area contributed by atoms with Crippen LogP contribution in [0.15, 0.2) is 79.0 Å². The Bertz CT molecular complexity index is 1070. The number of hydrogen-bond donors (Lipinski definition) is 1. The third-order valence-electron chi connectivity index (χ3n) is 7.39. The fraction of sp³-hybridized carbons (Fsp3) is 0.379. The van der Waals surface area contributed by atoms with E-state index in [-0.39, 0.29) is 17.5 Å². The average molecular weight is 456 g/mol. The van der Waals surface area contributed by atoms with Crippen LogP contribution >= 0.6 is 0 Å². The topological polar surface area (TPSA) is 54.5 Å². The number of carbonyl (C=O) groups is 1. The largest absolute Gasteiger partial charge is 0.438 e. The first kappa shape index (κ1) is 22.6. The second kappa shape index (κ2) is 10.4. The molecule has 0 spiro atoms. The van der Waals surface area contributed by atoms with Crippen molar-refractivity contribution in [3.63, 3.8) is 0 Å². The number of nitrogens with one attached hydrogen (secondary N) is 1. The first-order valence-electron chi connectivity index (χ1n) is 12.5. The number of para-hydroxylation sites is 1. The van der Waals surface area contributed by atoms with Crippen molar-refractivity contribution in [2.45, 2.75) is 56.5 Å². The molecule has 5 nitrogen and oxygen atoms in total. The highest BCUT2D eigenvalue weighted by Crippen LogP contribution is 2.43. The SMILES string of the molecule is O=C(NC1CCC(c2ccccc2)(N2CCCCC2)CC1)c1cccnc1Oc1ccccc1. The van der Waals surface area contributed by atoms with Gasteiger partial charge in [-0.15, -0.1) is 0 Å². The van der Waals surface area contributed by atoms with Gasteiger partial charge >= 0.3 is 0 Å². The van der Waals surface area contributed by atoms with Gasteiger partial charge in [-0.2, -0.15) is 0 Å². The Morgan fingerprint density at radius 2 is 1.56 bits per heavy atom. The molecule has 1 aromatic heterocycles. The zero-order chi connectivity index (χ0) is 23.2. The summed E-state index contributed by atoms with van der Waals surface area (Å²) in [6.45, 7) is 2.34. The molecule has 3 aromatic rings. The summed E-state index contributed by atoms with van der Waals surface area (Å²) in [5.74, 6) is 0.894. The molecule has 2 heterocycles. The maximum absolute atomic E-state index is 13.2. The molecule has 1 saturated carbocycles.